The van der Waals surface area contributed by atoms with Crippen molar-refractivity contribution in [2.24, 2.45) is 0 Å². The molecule has 0 amide bonds. The minimum atomic E-state index is 0.510. The topological polar surface area (TPSA) is 77.6 Å². The molecule has 0 radical (unpaired) electrons. The quantitative estimate of drug-likeness (QED) is 0.627. The zero-order valence-electron chi connectivity index (χ0n) is 12.2. The first-order valence-corrected chi connectivity index (χ1v) is 7.97. The first-order chi connectivity index (χ1) is 11.3. The Labute approximate surface area is 136 Å². The minimum absolute atomic E-state index is 0.510. The molecule has 0 aliphatic carbocycles. The van der Waals surface area contributed by atoms with Crippen molar-refractivity contribution >= 4 is 27.4 Å². The van der Waals surface area contributed by atoms with Gasteiger partial charge >= 0.3 is 0 Å². The highest BCUT2D eigenvalue weighted by atomic mass is 32.1. The third-order valence-electron chi connectivity index (χ3n) is 3.48. The molecular formula is C17H13N5S. The van der Waals surface area contributed by atoms with Crippen molar-refractivity contribution in [1.29, 1.82) is 0 Å². The van der Waals surface area contributed by atoms with Crippen molar-refractivity contribution in [2.45, 2.75) is 6.42 Å². The van der Waals surface area contributed by atoms with E-state index in [1.54, 1.807) is 29.9 Å². The predicted octanol–water partition coefficient (Wildman–Crippen LogP) is 3.32. The van der Waals surface area contributed by atoms with Gasteiger partial charge in [0.1, 0.15) is 10.6 Å². The van der Waals surface area contributed by atoms with Crippen LogP contribution in [0.25, 0.3) is 21.6 Å². The second-order valence-electron chi connectivity index (χ2n) is 5.10. The third-order valence-corrected chi connectivity index (χ3v) is 4.51. The smallest absolute Gasteiger partial charge is 0.163 e. The van der Waals surface area contributed by atoms with Crippen LogP contribution in [0.4, 0.5) is 5.82 Å². The van der Waals surface area contributed by atoms with Crippen molar-refractivity contribution in [1.82, 2.24) is 19.9 Å². The Morgan fingerprint density at radius 3 is 2.70 bits per heavy atom. The molecule has 0 bridgehead atoms. The lowest BCUT2D eigenvalue weighted by molar-refractivity contribution is 1.05. The van der Waals surface area contributed by atoms with Crippen LogP contribution in [0, 0.1) is 0 Å². The van der Waals surface area contributed by atoms with E-state index in [2.05, 4.69) is 19.9 Å². The van der Waals surface area contributed by atoms with Crippen LogP contribution < -0.4 is 5.73 Å². The van der Waals surface area contributed by atoms with Crippen LogP contribution in [0.1, 0.15) is 10.6 Å². The van der Waals surface area contributed by atoms with Crippen LogP contribution in [0.5, 0.6) is 0 Å². The molecule has 6 heteroatoms. The summed E-state index contributed by atoms with van der Waals surface area (Å²) in [6, 6.07) is 11.9. The second-order valence-corrected chi connectivity index (χ2v) is 6.22. The van der Waals surface area contributed by atoms with Crippen LogP contribution in [0.2, 0.25) is 0 Å². The molecule has 0 spiro atoms. The molecule has 3 heterocycles. The summed E-state index contributed by atoms with van der Waals surface area (Å²) in [5.41, 5.74) is 8.02. The van der Waals surface area contributed by atoms with Crippen LogP contribution in [-0.2, 0) is 6.42 Å². The summed E-state index contributed by atoms with van der Waals surface area (Å²) < 4.78 is 0. The van der Waals surface area contributed by atoms with Crippen molar-refractivity contribution in [3.05, 3.63) is 65.6 Å². The largest absolute Gasteiger partial charge is 0.383 e. The molecule has 0 aliphatic rings. The molecule has 1 aromatic carbocycles. The fraction of sp³-hybridized carbons (Fsp3) is 0.0588. The Morgan fingerprint density at radius 2 is 1.91 bits per heavy atom. The summed E-state index contributed by atoms with van der Waals surface area (Å²) in [6.45, 7) is 0. The van der Waals surface area contributed by atoms with Gasteiger partial charge in [0.2, 0.25) is 0 Å². The molecule has 0 saturated carbocycles. The standard InChI is InChI=1S/C17H13N5S/c18-15-14-9-13(8-12-10-19-6-7-20-12)23-17(14)22-16(21-15)11-4-2-1-3-5-11/h1-7,9-10H,8H2,(H2,18,21,22). The molecule has 3 aromatic heterocycles. The van der Waals surface area contributed by atoms with Gasteiger partial charge in [0.05, 0.1) is 11.1 Å². The molecule has 0 saturated heterocycles. The van der Waals surface area contributed by atoms with E-state index in [0.717, 1.165) is 32.8 Å². The number of thiophene rings is 1. The molecule has 0 aliphatic heterocycles. The van der Waals surface area contributed by atoms with Gasteiger partial charge in [0.15, 0.2) is 5.82 Å². The summed E-state index contributed by atoms with van der Waals surface area (Å²) in [4.78, 5) is 19.5. The van der Waals surface area contributed by atoms with Gasteiger partial charge in [-0.1, -0.05) is 30.3 Å². The maximum atomic E-state index is 6.13. The molecule has 112 valence electrons. The number of aromatic nitrogens is 4. The molecule has 23 heavy (non-hydrogen) atoms. The van der Waals surface area contributed by atoms with Gasteiger partial charge in [0.25, 0.3) is 0 Å². The van der Waals surface area contributed by atoms with E-state index in [4.69, 9.17) is 5.73 Å². The monoisotopic (exact) mass is 319 g/mol. The second kappa shape index (κ2) is 5.73. The highest BCUT2D eigenvalue weighted by Gasteiger charge is 2.11. The summed E-state index contributed by atoms with van der Waals surface area (Å²) in [6.07, 6.45) is 5.86. The molecule has 0 fully saturated rings. The predicted molar refractivity (Wildman–Crippen MR) is 92.1 cm³/mol. The highest BCUT2D eigenvalue weighted by molar-refractivity contribution is 7.18. The fourth-order valence-electron chi connectivity index (χ4n) is 2.40. The van der Waals surface area contributed by atoms with E-state index in [1.807, 2.05) is 36.4 Å². The Kier molecular flexibility index (Phi) is 3.44. The number of nitrogens with two attached hydrogens (primary N) is 1. The van der Waals surface area contributed by atoms with Gasteiger partial charge in [-0.3, -0.25) is 9.97 Å². The van der Waals surface area contributed by atoms with Gasteiger partial charge in [-0.05, 0) is 6.07 Å². The number of hydrogen-bond donors (Lipinski definition) is 1. The zero-order chi connectivity index (χ0) is 15.6. The molecule has 4 rings (SSSR count). The lowest BCUT2D eigenvalue weighted by Gasteiger charge is -2.01. The average Bonchev–Trinajstić information content (AvgIpc) is 2.99. The average molecular weight is 319 g/mol. The molecular weight excluding hydrogens is 306 g/mol. The Bertz CT molecular complexity index is 951. The Morgan fingerprint density at radius 1 is 1.04 bits per heavy atom. The number of fused-ring (bicyclic) bond motifs is 1. The lowest BCUT2D eigenvalue weighted by atomic mass is 10.2. The van der Waals surface area contributed by atoms with Crippen LogP contribution in [0.15, 0.2) is 55.0 Å². The van der Waals surface area contributed by atoms with Gasteiger partial charge in [0, 0.05) is 35.5 Å². The van der Waals surface area contributed by atoms with E-state index in [1.165, 1.54) is 0 Å². The maximum absolute atomic E-state index is 6.13. The van der Waals surface area contributed by atoms with Gasteiger partial charge in [-0.25, -0.2) is 9.97 Å². The molecule has 2 N–H and O–H groups in total. The van der Waals surface area contributed by atoms with Crippen LogP contribution >= 0.6 is 11.3 Å². The minimum Gasteiger partial charge on any atom is -0.383 e. The van der Waals surface area contributed by atoms with Gasteiger partial charge in [-0.2, -0.15) is 0 Å². The van der Waals surface area contributed by atoms with E-state index >= 15 is 0 Å². The van der Waals surface area contributed by atoms with Crippen LogP contribution in [-0.4, -0.2) is 19.9 Å². The van der Waals surface area contributed by atoms with Gasteiger partial charge in [-0.15, -0.1) is 11.3 Å². The Hall–Kier alpha value is -2.86. The fourth-order valence-corrected chi connectivity index (χ4v) is 3.45. The first-order valence-electron chi connectivity index (χ1n) is 7.16. The van der Waals surface area contributed by atoms with Crippen molar-refractivity contribution in [2.75, 3.05) is 5.73 Å². The highest BCUT2D eigenvalue weighted by Crippen LogP contribution is 2.30. The maximum Gasteiger partial charge on any atom is 0.163 e. The molecule has 4 aromatic rings. The van der Waals surface area contributed by atoms with Crippen molar-refractivity contribution < 1.29 is 0 Å². The van der Waals surface area contributed by atoms with Gasteiger partial charge < -0.3 is 5.73 Å². The summed E-state index contributed by atoms with van der Waals surface area (Å²) >= 11 is 1.62. The number of rotatable bonds is 3. The SMILES string of the molecule is Nc1nc(-c2ccccc2)nc2sc(Cc3cnccn3)cc12. The normalized spacial score (nSPS) is 11.0. The third kappa shape index (κ3) is 2.76. The number of nitrogen functional groups attached to an aromatic ring is 1. The van der Waals surface area contributed by atoms with E-state index < -0.39 is 0 Å². The zero-order valence-corrected chi connectivity index (χ0v) is 13.0. The number of hydrogen-bond acceptors (Lipinski definition) is 6. The molecule has 5 nitrogen and oxygen atoms in total. The number of benzene rings is 1. The lowest BCUT2D eigenvalue weighted by Crippen LogP contribution is -1.95. The summed E-state index contributed by atoms with van der Waals surface area (Å²) in [7, 11) is 0. The van der Waals surface area contributed by atoms with Crippen LogP contribution in [0.3, 0.4) is 0 Å². The van der Waals surface area contributed by atoms with E-state index in [-0.39, 0.29) is 0 Å². The molecule has 0 unspecified atom stereocenters. The number of anilines is 1. The number of nitrogens with zero attached hydrogens (tertiary/aromatic N) is 4. The van der Waals surface area contributed by atoms with Crippen molar-refractivity contribution in [3.63, 3.8) is 0 Å². The van der Waals surface area contributed by atoms with E-state index in [9.17, 15) is 0 Å². The van der Waals surface area contributed by atoms with E-state index in [0.29, 0.717) is 11.6 Å². The summed E-state index contributed by atoms with van der Waals surface area (Å²) in [5.74, 6) is 1.17. The first kappa shape index (κ1) is 13.8. The Balaban J connectivity index is 1.75. The molecule has 0 atom stereocenters. The summed E-state index contributed by atoms with van der Waals surface area (Å²) in [5, 5.41) is 0.897. The van der Waals surface area contributed by atoms with Crippen molar-refractivity contribution in [3.8, 4) is 11.4 Å².